The Morgan fingerprint density at radius 2 is 2.00 bits per heavy atom. The molecule has 0 fully saturated rings. The maximum atomic E-state index is 8.08. The molecule has 0 bridgehead atoms. The highest BCUT2D eigenvalue weighted by molar-refractivity contribution is 7.80. The van der Waals surface area contributed by atoms with Gasteiger partial charge in [0.1, 0.15) is 0 Å². The Kier molecular flexibility index (Phi) is 2.44. The number of aliphatic hydroxyl groups excluding tert-OH is 1. The van der Waals surface area contributed by atoms with Crippen molar-refractivity contribution in [3.63, 3.8) is 0 Å². The molecule has 0 aliphatic carbocycles. The zero-order chi connectivity index (χ0) is 5.86. The van der Waals surface area contributed by atoms with Gasteiger partial charge in [0.2, 0.25) is 0 Å². The van der Waals surface area contributed by atoms with E-state index >= 15 is 0 Å². The third-order valence-corrected chi connectivity index (χ3v) is 0.798. The van der Waals surface area contributed by atoms with Gasteiger partial charge >= 0.3 is 0 Å². The number of nitrogens with two attached hydrogens (primary N) is 1. The van der Waals surface area contributed by atoms with Crippen LogP contribution in [0.3, 0.4) is 0 Å². The molecule has 0 aromatic heterocycles. The second-order valence-corrected chi connectivity index (χ2v) is 1.32. The number of hydrogen-bond donors (Lipinski definition) is 4. The van der Waals surface area contributed by atoms with Gasteiger partial charge in [-0.15, -0.1) is 0 Å². The minimum atomic E-state index is -0.838. The van der Waals surface area contributed by atoms with Gasteiger partial charge in [-0.2, -0.15) is 12.6 Å². The van der Waals surface area contributed by atoms with Crippen LogP contribution in [0.25, 0.3) is 0 Å². The van der Waals surface area contributed by atoms with E-state index in [2.05, 4.69) is 12.6 Å². The van der Waals surface area contributed by atoms with Crippen molar-refractivity contribution >= 4 is 12.6 Å². The summed E-state index contributed by atoms with van der Waals surface area (Å²) in [7, 11) is 0. The maximum Gasteiger partial charge on any atom is 0.294 e. The van der Waals surface area contributed by atoms with Crippen molar-refractivity contribution in [2.75, 3.05) is 5.75 Å². The lowest BCUT2D eigenvalue weighted by atomic mass is 10.6. The maximum absolute atomic E-state index is 8.08. The summed E-state index contributed by atoms with van der Waals surface area (Å²) >= 11 is 3.65. The molecule has 0 spiro atoms. The molecule has 0 saturated heterocycles. The molecule has 4 N–H and O–H groups in total. The molecule has 0 unspecified atom stereocenters. The first-order chi connectivity index (χ1) is 3.18. The first-order valence-corrected chi connectivity index (χ1v) is 2.29. The third kappa shape index (κ3) is 2.22. The predicted octanol–water partition coefficient (Wildman–Crippen LogP) is 0.160. The topological polar surface area (TPSA) is 66.5 Å². The van der Waals surface area contributed by atoms with Crippen LogP contribution in [0.4, 0.5) is 0 Å². The van der Waals surface area contributed by atoms with Crippen LogP contribution >= 0.6 is 12.6 Å². The largest absolute Gasteiger partial charge is 0.480 e. The van der Waals surface area contributed by atoms with E-state index in [4.69, 9.17) is 15.9 Å². The lowest BCUT2D eigenvalue weighted by Crippen LogP contribution is -2.02. The molecule has 0 aromatic carbocycles. The smallest absolute Gasteiger partial charge is 0.294 e. The van der Waals surface area contributed by atoms with Crippen molar-refractivity contribution in [1.82, 2.24) is 0 Å². The molecule has 4 heteroatoms. The van der Waals surface area contributed by atoms with Gasteiger partial charge in [0.05, 0.1) is 5.70 Å². The Labute approximate surface area is 46.9 Å². The van der Waals surface area contributed by atoms with Crippen LogP contribution in [0.15, 0.2) is 11.6 Å². The normalized spacial score (nSPS) is 8.14. The lowest BCUT2D eigenvalue weighted by molar-refractivity contribution is 0.185. The lowest BCUT2D eigenvalue weighted by Gasteiger charge is -1.91. The van der Waals surface area contributed by atoms with Crippen molar-refractivity contribution in [1.29, 1.82) is 0 Å². The highest BCUT2D eigenvalue weighted by Gasteiger charge is 1.91. The zero-order valence-corrected chi connectivity index (χ0v) is 4.52. The van der Waals surface area contributed by atoms with E-state index in [1.165, 1.54) is 0 Å². The van der Waals surface area contributed by atoms with Crippen molar-refractivity contribution < 1.29 is 10.2 Å². The van der Waals surface area contributed by atoms with Crippen LogP contribution in [0.2, 0.25) is 0 Å². The first kappa shape index (κ1) is 6.49. The second kappa shape index (κ2) is 2.63. The molecule has 7 heavy (non-hydrogen) atoms. The van der Waals surface area contributed by atoms with Crippen molar-refractivity contribution in [2.45, 2.75) is 0 Å². The average molecular weight is 121 g/mol. The van der Waals surface area contributed by atoms with Gasteiger partial charge in [-0.05, 0) is 0 Å². The molecule has 0 atom stereocenters. The van der Waals surface area contributed by atoms with Gasteiger partial charge in [-0.25, -0.2) is 0 Å². The van der Waals surface area contributed by atoms with E-state index in [0.29, 0.717) is 0 Å². The number of thiol groups is 1. The molecule has 0 amide bonds. The number of rotatable bonds is 1. The molecule has 3 nitrogen and oxygen atoms in total. The molecule has 0 radical (unpaired) electrons. The van der Waals surface area contributed by atoms with E-state index in [1.54, 1.807) is 0 Å². The summed E-state index contributed by atoms with van der Waals surface area (Å²) in [5.41, 5.74) is 4.91. The van der Waals surface area contributed by atoms with E-state index in [-0.39, 0.29) is 11.4 Å². The molecule has 0 rings (SSSR count). The Bertz CT molecular complexity index is 86.9. The molecular formula is C3H7NO2S. The summed E-state index contributed by atoms with van der Waals surface area (Å²) in [5, 5.41) is 16.2. The Hall–Kier alpha value is -0.510. The molecule has 0 saturated carbocycles. The van der Waals surface area contributed by atoms with E-state index in [0.717, 1.165) is 0 Å². The minimum absolute atomic E-state index is 0.0108. The summed E-state index contributed by atoms with van der Waals surface area (Å²) < 4.78 is 0. The molecule has 0 aliphatic heterocycles. The highest BCUT2D eigenvalue weighted by atomic mass is 32.1. The van der Waals surface area contributed by atoms with E-state index in [9.17, 15) is 0 Å². The van der Waals surface area contributed by atoms with Crippen LogP contribution < -0.4 is 5.73 Å². The Balaban J connectivity index is 3.72. The van der Waals surface area contributed by atoms with Crippen molar-refractivity contribution in [3.05, 3.63) is 11.6 Å². The van der Waals surface area contributed by atoms with Gasteiger partial charge in [-0.3, -0.25) is 0 Å². The van der Waals surface area contributed by atoms with Crippen LogP contribution in [0.5, 0.6) is 0 Å². The molecule has 0 aromatic rings. The summed E-state index contributed by atoms with van der Waals surface area (Å²) in [5.74, 6) is -0.669. The third-order valence-electron chi connectivity index (χ3n) is 0.458. The van der Waals surface area contributed by atoms with Crippen LogP contribution in [0, 0.1) is 0 Å². The zero-order valence-electron chi connectivity index (χ0n) is 3.63. The van der Waals surface area contributed by atoms with E-state index < -0.39 is 5.95 Å². The van der Waals surface area contributed by atoms with Gasteiger partial charge in [0.15, 0.2) is 0 Å². The number of aliphatic hydroxyl groups is 2. The summed E-state index contributed by atoms with van der Waals surface area (Å²) in [6.45, 7) is 0. The van der Waals surface area contributed by atoms with Gasteiger partial charge in [0.25, 0.3) is 5.95 Å². The summed E-state index contributed by atoms with van der Waals surface area (Å²) in [6.07, 6.45) is 0. The fraction of sp³-hybridized carbons (Fsp3) is 0.333. The van der Waals surface area contributed by atoms with Gasteiger partial charge in [-0.1, -0.05) is 0 Å². The van der Waals surface area contributed by atoms with Crippen LogP contribution in [-0.2, 0) is 0 Å². The second-order valence-electron chi connectivity index (χ2n) is 1.01. The monoisotopic (exact) mass is 121 g/mol. The summed E-state index contributed by atoms with van der Waals surface area (Å²) in [6, 6.07) is 0. The first-order valence-electron chi connectivity index (χ1n) is 1.66. The van der Waals surface area contributed by atoms with E-state index in [1.807, 2.05) is 0 Å². The van der Waals surface area contributed by atoms with Crippen molar-refractivity contribution in [3.8, 4) is 0 Å². The molecular weight excluding hydrogens is 114 g/mol. The predicted molar refractivity (Wildman–Crippen MR) is 30.3 cm³/mol. The standard InChI is InChI=1S/C3H7NO2S/c4-2(1-7)3(5)6/h5-7H,1,4H2. The summed E-state index contributed by atoms with van der Waals surface area (Å²) in [4.78, 5) is 0. The highest BCUT2D eigenvalue weighted by Crippen LogP contribution is 1.89. The fourth-order valence-corrected chi connectivity index (χ4v) is 0.212. The molecule has 42 valence electrons. The van der Waals surface area contributed by atoms with Gasteiger partial charge in [0, 0.05) is 5.75 Å². The Morgan fingerprint density at radius 1 is 1.57 bits per heavy atom. The van der Waals surface area contributed by atoms with Crippen molar-refractivity contribution in [2.24, 2.45) is 5.73 Å². The quantitative estimate of drug-likeness (QED) is 0.295. The average Bonchev–Trinajstić information content (AvgIpc) is 1.65. The SMILES string of the molecule is NC(CS)=C(O)O. The van der Waals surface area contributed by atoms with Gasteiger partial charge < -0.3 is 15.9 Å². The fourth-order valence-electron chi connectivity index (χ4n) is 0.0707. The number of hydrogen-bond acceptors (Lipinski definition) is 4. The minimum Gasteiger partial charge on any atom is -0.480 e. The van der Waals surface area contributed by atoms with Crippen LogP contribution in [-0.4, -0.2) is 16.0 Å². The molecule has 0 heterocycles. The Morgan fingerprint density at radius 3 is 2.00 bits per heavy atom. The van der Waals surface area contributed by atoms with Crippen LogP contribution in [0.1, 0.15) is 0 Å². The molecule has 0 aliphatic rings.